The summed E-state index contributed by atoms with van der Waals surface area (Å²) in [5, 5.41) is 28.2. The molecule has 0 amide bonds. The minimum absolute atomic E-state index is 0.129. The van der Waals surface area contributed by atoms with Crippen LogP contribution < -0.4 is 4.90 Å². The van der Waals surface area contributed by atoms with Crippen LogP contribution in [0.5, 0.6) is 0 Å². The van der Waals surface area contributed by atoms with Gasteiger partial charge in [0.15, 0.2) is 0 Å². The fourth-order valence-corrected chi connectivity index (χ4v) is 1.73. The SMILES string of the molecule is CN(CO)c1ccc(N=Nc2ccccc2)cc1[N+](=O)[O-]. The number of aliphatic hydroxyl groups is 1. The minimum atomic E-state index is -0.511. The van der Waals surface area contributed by atoms with Gasteiger partial charge < -0.3 is 10.0 Å². The Hall–Kier alpha value is -2.80. The van der Waals surface area contributed by atoms with Crippen molar-refractivity contribution in [3.63, 3.8) is 0 Å². The van der Waals surface area contributed by atoms with E-state index in [4.69, 9.17) is 5.11 Å². The standard InChI is InChI=1S/C14H14N4O3/c1-17(10-19)13-8-7-12(9-14(13)18(20)21)16-15-11-5-3-2-4-6-11/h2-9,19H,10H2,1H3. The van der Waals surface area contributed by atoms with Crippen molar-refractivity contribution in [2.45, 2.75) is 0 Å². The number of anilines is 1. The van der Waals surface area contributed by atoms with Crippen LogP contribution in [0.4, 0.5) is 22.7 Å². The summed E-state index contributed by atoms with van der Waals surface area (Å²) in [6.07, 6.45) is 0. The summed E-state index contributed by atoms with van der Waals surface area (Å²) in [7, 11) is 1.56. The average Bonchev–Trinajstić information content (AvgIpc) is 2.52. The lowest BCUT2D eigenvalue weighted by Gasteiger charge is -2.15. The van der Waals surface area contributed by atoms with Crippen molar-refractivity contribution >= 4 is 22.7 Å². The maximum absolute atomic E-state index is 11.1. The third-order valence-electron chi connectivity index (χ3n) is 2.82. The fraction of sp³-hybridized carbons (Fsp3) is 0.143. The zero-order valence-corrected chi connectivity index (χ0v) is 11.4. The van der Waals surface area contributed by atoms with Gasteiger partial charge in [0.1, 0.15) is 12.4 Å². The summed E-state index contributed by atoms with van der Waals surface area (Å²) in [5.74, 6) is 0. The number of azo groups is 1. The van der Waals surface area contributed by atoms with Gasteiger partial charge in [0.2, 0.25) is 0 Å². The van der Waals surface area contributed by atoms with Gasteiger partial charge in [-0.25, -0.2) is 0 Å². The van der Waals surface area contributed by atoms with E-state index in [2.05, 4.69) is 10.2 Å². The Labute approximate surface area is 121 Å². The Morgan fingerprint density at radius 1 is 1.14 bits per heavy atom. The lowest BCUT2D eigenvalue weighted by molar-refractivity contribution is -0.384. The minimum Gasteiger partial charge on any atom is -0.376 e. The van der Waals surface area contributed by atoms with Crippen molar-refractivity contribution in [1.29, 1.82) is 0 Å². The molecule has 0 saturated carbocycles. The van der Waals surface area contributed by atoms with Gasteiger partial charge >= 0.3 is 0 Å². The van der Waals surface area contributed by atoms with Gasteiger partial charge in [0, 0.05) is 13.1 Å². The van der Waals surface area contributed by atoms with Gasteiger partial charge in [0.05, 0.1) is 16.3 Å². The topological polar surface area (TPSA) is 91.3 Å². The molecule has 0 aliphatic heterocycles. The summed E-state index contributed by atoms with van der Waals surface area (Å²) in [4.78, 5) is 12.0. The van der Waals surface area contributed by atoms with E-state index in [-0.39, 0.29) is 12.4 Å². The molecule has 7 nitrogen and oxygen atoms in total. The third-order valence-corrected chi connectivity index (χ3v) is 2.82. The number of hydrogen-bond donors (Lipinski definition) is 1. The predicted molar refractivity (Wildman–Crippen MR) is 79.2 cm³/mol. The van der Waals surface area contributed by atoms with E-state index in [1.165, 1.54) is 17.0 Å². The summed E-state index contributed by atoms with van der Waals surface area (Å²) in [6, 6.07) is 13.6. The smallest absolute Gasteiger partial charge is 0.294 e. The maximum Gasteiger partial charge on any atom is 0.294 e. The normalized spacial score (nSPS) is 10.8. The molecule has 0 atom stereocenters. The molecule has 108 valence electrons. The Kier molecular flexibility index (Phi) is 4.57. The van der Waals surface area contributed by atoms with Gasteiger partial charge in [0.25, 0.3) is 5.69 Å². The van der Waals surface area contributed by atoms with E-state index in [0.717, 1.165) is 0 Å². The van der Waals surface area contributed by atoms with E-state index < -0.39 is 4.92 Å². The van der Waals surface area contributed by atoms with Crippen LogP contribution in [-0.4, -0.2) is 23.8 Å². The van der Waals surface area contributed by atoms with E-state index in [1.807, 2.05) is 18.2 Å². The molecule has 7 heteroatoms. The first kappa shape index (κ1) is 14.6. The zero-order chi connectivity index (χ0) is 15.2. The van der Waals surface area contributed by atoms with Gasteiger partial charge in [-0.15, -0.1) is 0 Å². The van der Waals surface area contributed by atoms with Crippen LogP contribution in [-0.2, 0) is 0 Å². The molecule has 0 radical (unpaired) electrons. The van der Waals surface area contributed by atoms with Crippen LogP contribution in [0.15, 0.2) is 58.8 Å². The van der Waals surface area contributed by atoms with Crippen molar-refractivity contribution < 1.29 is 10.0 Å². The fourth-order valence-electron chi connectivity index (χ4n) is 1.73. The number of rotatable bonds is 5. The second-order valence-electron chi connectivity index (χ2n) is 4.31. The average molecular weight is 286 g/mol. The van der Waals surface area contributed by atoms with Gasteiger partial charge in [-0.2, -0.15) is 10.2 Å². The summed E-state index contributed by atoms with van der Waals surface area (Å²) >= 11 is 0. The van der Waals surface area contributed by atoms with Crippen LogP contribution in [0.25, 0.3) is 0 Å². The first-order chi connectivity index (χ1) is 10.1. The molecular weight excluding hydrogens is 272 g/mol. The molecule has 0 fully saturated rings. The van der Waals surface area contributed by atoms with Crippen molar-refractivity contribution in [3.05, 3.63) is 58.6 Å². The van der Waals surface area contributed by atoms with Crippen LogP contribution in [0.3, 0.4) is 0 Å². The second-order valence-corrected chi connectivity index (χ2v) is 4.31. The molecule has 2 aromatic carbocycles. The first-order valence-corrected chi connectivity index (χ1v) is 6.19. The number of nitro groups is 1. The summed E-state index contributed by atoms with van der Waals surface area (Å²) < 4.78 is 0. The monoisotopic (exact) mass is 286 g/mol. The summed E-state index contributed by atoms with van der Waals surface area (Å²) in [6.45, 7) is -0.314. The van der Waals surface area contributed by atoms with E-state index in [9.17, 15) is 10.1 Å². The molecule has 0 bridgehead atoms. The number of aliphatic hydroxyl groups excluding tert-OH is 1. The Balaban J connectivity index is 2.32. The van der Waals surface area contributed by atoms with Crippen LogP contribution in [0.1, 0.15) is 0 Å². The largest absolute Gasteiger partial charge is 0.376 e. The van der Waals surface area contributed by atoms with E-state index in [0.29, 0.717) is 17.1 Å². The van der Waals surface area contributed by atoms with Gasteiger partial charge in [-0.3, -0.25) is 10.1 Å². The number of nitrogens with zero attached hydrogens (tertiary/aromatic N) is 4. The van der Waals surface area contributed by atoms with E-state index in [1.54, 1.807) is 25.2 Å². The molecule has 0 aromatic heterocycles. The third kappa shape index (κ3) is 3.61. The molecule has 0 unspecified atom stereocenters. The van der Waals surface area contributed by atoms with Crippen molar-refractivity contribution in [1.82, 2.24) is 0 Å². The van der Waals surface area contributed by atoms with Gasteiger partial charge in [-0.1, -0.05) is 18.2 Å². The zero-order valence-electron chi connectivity index (χ0n) is 11.4. The highest BCUT2D eigenvalue weighted by molar-refractivity contribution is 5.67. The molecular formula is C14H14N4O3. The van der Waals surface area contributed by atoms with Crippen LogP contribution in [0.2, 0.25) is 0 Å². The Morgan fingerprint density at radius 2 is 1.81 bits per heavy atom. The Bertz CT molecular complexity index is 659. The van der Waals surface area contributed by atoms with Crippen LogP contribution in [0, 0.1) is 10.1 Å². The molecule has 21 heavy (non-hydrogen) atoms. The predicted octanol–water partition coefficient (Wildman–Crippen LogP) is 3.40. The van der Waals surface area contributed by atoms with Crippen molar-refractivity contribution in [2.24, 2.45) is 10.2 Å². The van der Waals surface area contributed by atoms with Gasteiger partial charge in [-0.05, 0) is 24.3 Å². The molecule has 2 rings (SSSR count). The highest BCUT2D eigenvalue weighted by atomic mass is 16.6. The molecule has 1 N–H and O–H groups in total. The molecule has 0 spiro atoms. The molecule has 0 aliphatic carbocycles. The number of hydrogen-bond acceptors (Lipinski definition) is 6. The number of benzene rings is 2. The second kappa shape index (κ2) is 6.58. The van der Waals surface area contributed by atoms with Crippen LogP contribution >= 0.6 is 0 Å². The quantitative estimate of drug-likeness (QED) is 0.394. The van der Waals surface area contributed by atoms with Crippen molar-refractivity contribution in [2.75, 3.05) is 18.7 Å². The van der Waals surface area contributed by atoms with E-state index >= 15 is 0 Å². The molecule has 0 saturated heterocycles. The highest BCUT2D eigenvalue weighted by Crippen LogP contribution is 2.32. The molecule has 2 aromatic rings. The first-order valence-electron chi connectivity index (χ1n) is 6.19. The highest BCUT2D eigenvalue weighted by Gasteiger charge is 2.17. The summed E-state index contributed by atoms with van der Waals surface area (Å²) in [5.41, 5.74) is 1.23. The lowest BCUT2D eigenvalue weighted by Crippen LogP contribution is -2.18. The van der Waals surface area contributed by atoms with Crippen molar-refractivity contribution in [3.8, 4) is 0 Å². The maximum atomic E-state index is 11.1. The number of nitro benzene ring substituents is 1. The lowest BCUT2D eigenvalue weighted by atomic mass is 10.2. The Morgan fingerprint density at radius 3 is 2.43 bits per heavy atom. The molecule has 0 aliphatic rings. The molecule has 0 heterocycles.